The molecule has 0 radical (unpaired) electrons. The number of fused-ring (bicyclic) bond motifs is 1. The lowest BCUT2D eigenvalue weighted by Gasteiger charge is -2.06. The highest BCUT2D eigenvalue weighted by Crippen LogP contribution is 2.24. The first kappa shape index (κ1) is 16.1. The number of hydrogen-bond acceptors (Lipinski definition) is 3. The number of aromatic nitrogens is 3. The van der Waals surface area contributed by atoms with E-state index in [1.165, 1.54) is 11.3 Å². The van der Waals surface area contributed by atoms with Crippen LogP contribution in [0.4, 0.5) is 0 Å². The minimum absolute atomic E-state index is 0.216. The van der Waals surface area contributed by atoms with E-state index in [-0.39, 0.29) is 11.9 Å². The van der Waals surface area contributed by atoms with Gasteiger partial charge >= 0.3 is 0 Å². The third-order valence-corrected chi connectivity index (χ3v) is 5.34. The van der Waals surface area contributed by atoms with Gasteiger partial charge in [-0.3, -0.25) is 9.48 Å². The van der Waals surface area contributed by atoms with Gasteiger partial charge in [0.2, 0.25) is 0 Å². The Bertz CT molecular complexity index is 964. The van der Waals surface area contributed by atoms with Gasteiger partial charge in [0.25, 0.3) is 5.91 Å². The van der Waals surface area contributed by atoms with Crippen molar-refractivity contribution in [3.8, 4) is 0 Å². The van der Waals surface area contributed by atoms with Crippen molar-refractivity contribution in [2.24, 2.45) is 12.0 Å². The predicted octanol–water partition coefficient (Wildman–Crippen LogP) is 3.83. The second-order valence-electron chi connectivity index (χ2n) is 5.66. The van der Waals surface area contributed by atoms with Crippen LogP contribution in [-0.2, 0) is 7.05 Å². The molecule has 23 heavy (non-hydrogen) atoms. The highest BCUT2D eigenvalue weighted by Gasteiger charge is 2.14. The number of amides is 1. The van der Waals surface area contributed by atoms with Crippen molar-refractivity contribution >= 4 is 43.4 Å². The molecule has 2 heterocycles. The molecule has 1 aromatic carbocycles. The number of hydrogen-bond donors (Lipinski definition) is 0. The summed E-state index contributed by atoms with van der Waals surface area (Å²) in [6.07, 6.45) is 0. The molecule has 0 aliphatic carbocycles. The third kappa shape index (κ3) is 2.90. The molecule has 0 bridgehead atoms. The summed E-state index contributed by atoms with van der Waals surface area (Å²) in [5.41, 5.74) is 2.38. The number of halogens is 1. The van der Waals surface area contributed by atoms with Crippen molar-refractivity contribution in [2.45, 2.75) is 26.8 Å². The van der Waals surface area contributed by atoms with Gasteiger partial charge in [-0.05, 0) is 54.9 Å². The van der Waals surface area contributed by atoms with E-state index in [2.05, 4.69) is 26.0 Å². The van der Waals surface area contributed by atoms with Gasteiger partial charge in [0.1, 0.15) is 0 Å². The molecule has 0 saturated heterocycles. The minimum Gasteiger partial charge on any atom is -0.318 e. The lowest BCUT2D eigenvalue weighted by molar-refractivity contribution is 0.0992. The molecular weight excluding hydrogens is 376 g/mol. The predicted molar refractivity (Wildman–Crippen MR) is 95.7 cm³/mol. The second kappa shape index (κ2) is 6.05. The summed E-state index contributed by atoms with van der Waals surface area (Å²) in [5, 5.41) is 4.37. The average Bonchev–Trinajstić information content (AvgIpc) is 3.01. The maximum atomic E-state index is 12.5. The Morgan fingerprint density at radius 1 is 1.39 bits per heavy atom. The van der Waals surface area contributed by atoms with Gasteiger partial charge < -0.3 is 4.57 Å². The summed E-state index contributed by atoms with van der Waals surface area (Å²) < 4.78 is 5.83. The van der Waals surface area contributed by atoms with Crippen LogP contribution in [0.3, 0.4) is 0 Å². The molecule has 2 aromatic heterocycles. The van der Waals surface area contributed by atoms with E-state index in [1.807, 2.05) is 55.3 Å². The van der Waals surface area contributed by atoms with Crippen LogP contribution in [0.15, 0.2) is 33.7 Å². The van der Waals surface area contributed by atoms with Crippen LogP contribution in [0, 0.1) is 6.92 Å². The van der Waals surface area contributed by atoms with Crippen molar-refractivity contribution in [2.75, 3.05) is 0 Å². The number of para-hydroxylation sites is 1. The molecule has 0 saturated carbocycles. The molecular formula is C16H17BrN4OS. The van der Waals surface area contributed by atoms with Crippen LogP contribution < -0.4 is 4.80 Å². The first-order valence-corrected chi connectivity index (χ1v) is 8.88. The Kier molecular flexibility index (Phi) is 4.25. The molecule has 0 spiro atoms. The van der Waals surface area contributed by atoms with Gasteiger partial charge in [0.05, 0.1) is 10.2 Å². The van der Waals surface area contributed by atoms with Crippen LogP contribution in [0.1, 0.15) is 36.1 Å². The van der Waals surface area contributed by atoms with Crippen molar-refractivity contribution in [3.63, 3.8) is 0 Å². The summed E-state index contributed by atoms with van der Waals surface area (Å²) in [5.74, 6) is -0.314. The molecule has 0 fully saturated rings. The van der Waals surface area contributed by atoms with E-state index in [0.29, 0.717) is 10.5 Å². The Morgan fingerprint density at radius 2 is 2.13 bits per heavy atom. The van der Waals surface area contributed by atoms with E-state index in [1.54, 1.807) is 6.07 Å². The van der Waals surface area contributed by atoms with Crippen LogP contribution >= 0.6 is 27.3 Å². The van der Waals surface area contributed by atoms with E-state index in [9.17, 15) is 4.79 Å². The normalized spacial score (nSPS) is 12.5. The highest BCUT2D eigenvalue weighted by atomic mass is 79.9. The van der Waals surface area contributed by atoms with Gasteiger partial charge in [0, 0.05) is 23.3 Å². The quantitative estimate of drug-likeness (QED) is 0.665. The number of nitrogens with zero attached hydrogens (tertiary/aromatic N) is 4. The average molecular weight is 393 g/mol. The Labute approximate surface area is 146 Å². The fourth-order valence-corrected chi connectivity index (χ4v) is 4.33. The largest absolute Gasteiger partial charge is 0.318 e. The van der Waals surface area contributed by atoms with Crippen molar-refractivity contribution in [3.05, 3.63) is 44.9 Å². The van der Waals surface area contributed by atoms with Crippen LogP contribution in [0.25, 0.3) is 10.2 Å². The zero-order valence-corrected chi connectivity index (χ0v) is 15.8. The SMILES string of the molecule is Cc1cc(C(=O)N=c2sc3cccc(Br)c3n2C)nn1C(C)C. The molecule has 3 aromatic rings. The number of aryl methyl sites for hydroxylation is 2. The first-order chi connectivity index (χ1) is 10.9. The van der Waals surface area contributed by atoms with Gasteiger partial charge in [-0.1, -0.05) is 17.4 Å². The highest BCUT2D eigenvalue weighted by molar-refractivity contribution is 9.10. The molecule has 5 nitrogen and oxygen atoms in total. The standard InChI is InChI=1S/C16H17BrN4OS/c1-9(2)21-10(3)8-12(19-21)15(22)18-16-20(4)14-11(17)6-5-7-13(14)23-16/h5-9H,1-4H3. The molecule has 0 unspecified atom stereocenters. The molecule has 7 heteroatoms. The summed E-state index contributed by atoms with van der Waals surface area (Å²) >= 11 is 5.03. The number of carbonyl (C=O) groups excluding carboxylic acids is 1. The first-order valence-electron chi connectivity index (χ1n) is 7.27. The summed E-state index contributed by atoms with van der Waals surface area (Å²) in [6.45, 7) is 6.02. The molecule has 0 aliphatic heterocycles. The maximum Gasteiger partial charge on any atom is 0.300 e. The fourth-order valence-electron chi connectivity index (χ4n) is 2.52. The Balaban J connectivity index is 2.08. The van der Waals surface area contributed by atoms with E-state index >= 15 is 0 Å². The second-order valence-corrected chi connectivity index (χ2v) is 7.52. The van der Waals surface area contributed by atoms with Crippen LogP contribution in [0.2, 0.25) is 0 Å². The van der Waals surface area contributed by atoms with Crippen molar-refractivity contribution in [1.29, 1.82) is 0 Å². The maximum absolute atomic E-state index is 12.5. The number of thiazole rings is 1. The van der Waals surface area contributed by atoms with Gasteiger partial charge in [0.15, 0.2) is 10.5 Å². The third-order valence-electron chi connectivity index (χ3n) is 3.60. The van der Waals surface area contributed by atoms with Crippen molar-refractivity contribution in [1.82, 2.24) is 14.3 Å². The lowest BCUT2D eigenvalue weighted by atomic mass is 10.3. The van der Waals surface area contributed by atoms with Crippen LogP contribution in [0.5, 0.6) is 0 Å². The molecule has 0 atom stereocenters. The lowest BCUT2D eigenvalue weighted by Crippen LogP contribution is -2.14. The zero-order chi connectivity index (χ0) is 16.7. The molecule has 1 amide bonds. The topological polar surface area (TPSA) is 52.2 Å². The van der Waals surface area contributed by atoms with E-state index in [0.717, 1.165) is 20.4 Å². The smallest absolute Gasteiger partial charge is 0.300 e. The molecule has 3 rings (SSSR count). The van der Waals surface area contributed by atoms with Crippen LogP contribution in [-0.4, -0.2) is 20.3 Å². The van der Waals surface area contributed by atoms with Gasteiger partial charge in [-0.2, -0.15) is 10.1 Å². The van der Waals surface area contributed by atoms with Crippen molar-refractivity contribution < 1.29 is 4.79 Å². The van der Waals surface area contributed by atoms with Gasteiger partial charge in [-0.15, -0.1) is 0 Å². The minimum atomic E-state index is -0.314. The molecule has 0 aliphatic rings. The number of rotatable bonds is 2. The Hall–Kier alpha value is -1.73. The van der Waals surface area contributed by atoms with E-state index < -0.39 is 0 Å². The monoisotopic (exact) mass is 392 g/mol. The Morgan fingerprint density at radius 3 is 2.74 bits per heavy atom. The summed E-state index contributed by atoms with van der Waals surface area (Å²) in [7, 11) is 1.91. The molecule has 0 N–H and O–H groups in total. The molecule has 120 valence electrons. The summed E-state index contributed by atoms with van der Waals surface area (Å²) in [6, 6.07) is 7.98. The zero-order valence-electron chi connectivity index (χ0n) is 13.4. The summed E-state index contributed by atoms with van der Waals surface area (Å²) in [4.78, 5) is 17.4. The number of carbonyl (C=O) groups is 1. The van der Waals surface area contributed by atoms with Gasteiger partial charge in [-0.25, -0.2) is 0 Å². The number of benzene rings is 1. The van der Waals surface area contributed by atoms with E-state index in [4.69, 9.17) is 0 Å². The fraction of sp³-hybridized carbons (Fsp3) is 0.312.